The summed E-state index contributed by atoms with van der Waals surface area (Å²) in [6.45, 7) is 0. The van der Waals surface area contributed by atoms with Gasteiger partial charge in [-0.3, -0.25) is 4.79 Å². The van der Waals surface area contributed by atoms with Crippen molar-refractivity contribution < 1.29 is 9.53 Å². The third kappa shape index (κ3) is 3.31. The number of carbonyl (C=O) groups excluding carboxylic acids is 1. The molecule has 0 heterocycles. The van der Waals surface area contributed by atoms with Gasteiger partial charge in [-0.2, -0.15) is 5.26 Å². The van der Waals surface area contributed by atoms with Crippen molar-refractivity contribution in [3.63, 3.8) is 0 Å². The molecule has 0 aliphatic carbocycles. The van der Waals surface area contributed by atoms with Crippen LogP contribution in [0.3, 0.4) is 0 Å². The molecule has 2 aromatic rings. The Morgan fingerprint density at radius 1 is 1.20 bits per heavy atom. The van der Waals surface area contributed by atoms with Gasteiger partial charge in [0, 0.05) is 10.6 Å². The third-order valence-corrected chi connectivity index (χ3v) is 3.23. The van der Waals surface area contributed by atoms with E-state index in [0.29, 0.717) is 17.0 Å². The number of nitrogens with one attached hydrogen (secondary N) is 1. The van der Waals surface area contributed by atoms with Crippen LogP contribution >= 0.6 is 11.8 Å². The molecule has 4 nitrogen and oxygen atoms in total. The van der Waals surface area contributed by atoms with Crippen LogP contribution in [-0.4, -0.2) is 13.0 Å². The Hall–Kier alpha value is -2.45. The Labute approximate surface area is 121 Å². The molecule has 0 radical (unpaired) electrons. The highest BCUT2D eigenvalue weighted by Crippen LogP contribution is 2.21. The number of nitriles is 1. The summed E-state index contributed by atoms with van der Waals surface area (Å²) in [4.78, 5) is 13.0. The molecule has 0 aliphatic heterocycles. The number of hydrogen-bond donors (Lipinski definition) is 1. The van der Waals surface area contributed by atoms with Crippen LogP contribution in [0.4, 0.5) is 5.69 Å². The fourth-order valence-corrected chi connectivity index (χ4v) is 2.07. The minimum absolute atomic E-state index is 0.233. The molecule has 0 saturated heterocycles. The number of hydrogen-bond acceptors (Lipinski definition) is 4. The number of carbonyl (C=O) groups is 1. The Bertz CT molecular complexity index is 648. The zero-order valence-corrected chi connectivity index (χ0v) is 11.6. The van der Waals surface area contributed by atoms with Crippen LogP contribution in [0.1, 0.15) is 10.4 Å². The first-order valence-corrected chi connectivity index (χ1v) is 6.66. The first-order chi connectivity index (χ1) is 9.74. The molecule has 5 heteroatoms. The molecule has 20 heavy (non-hydrogen) atoms. The maximum Gasteiger partial charge on any atom is 0.259 e. The van der Waals surface area contributed by atoms with Crippen LogP contribution in [0.25, 0.3) is 0 Å². The van der Waals surface area contributed by atoms with E-state index in [0.717, 1.165) is 16.7 Å². The van der Waals surface area contributed by atoms with Crippen LogP contribution < -0.4 is 10.1 Å². The molecule has 0 aromatic heterocycles. The van der Waals surface area contributed by atoms with Gasteiger partial charge >= 0.3 is 0 Å². The molecular weight excluding hydrogens is 272 g/mol. The van der Waals surface area contributed by atoms with Crippen LogP contribution in [0.2, 0.25) is 0 Å². The number of ether oxygens (including phenoxy) is 1. The minimum Gasteiger partial charge on any atom is -0.496 e. The Morgan fingerprint density at radius 2 is 1.90 bits per heavy atom. The van der Waals surface area contributed by atoms with Crippen LogP contribution in [-0.2, 0) is 0 Å². The number of methoxy groups -OCH3 is 1. The van der Waals surface area contributed by atoms with Gasteiger partial charge in [0.15, 0.2) is 0 Å². The highest BCUT2D eigenvalue weighted by molar-refractivity contribution is 8.03. The molecule has 1 N–H and O–H groups in total. The SMILES string of the molecule is COc1ccccc1C(=O)Nc1ccc(SC#N)cc1. The Kier molecular flexibility index (Phi) is 4.64. The van der Waals surface area contributed by atoms with E-state index in [9.17, 15) is 4.79 Å². The summed E-state index contributed by atoms with van der Waals surface area (Å²) in [5.41, 5.74) is 1.15. The van der Waals surface area contributed by atoms with E-state index < -0.39 is 0 Å². The second kappa shape index (κ2) is 6.64. The summed E-state index contributed by atoms with van der Waals surface area (Å²) in [6, 6.07) is 14.1. The molecule has 0 aliphatic rings. The van der Waals surface area contributed by atoms with E-state index in [2.05, 4.69) is 5.32 Å². The van der Waals surface area contributed by atoms with E-state index in [1.165, 1.54) is 7.11 Å². The lowest BCUT2D eigenvalue weighted by molar-refractivity contribution is 0.102. The molecule has 0 spiro atoms. The van der Waals surface area contributed by atoms with Gasteiger partial charge in [0.05, 0.1) is 12.7 Å². The number of amides is 1. The van der Waals surface area contributed by atoms with Crippen molar-refractivity contribution >= 4 is 23.4 Å². The molecule has 2 rings (SSSR count). The van der Waals surface area contributed by atoms with Crippen molar-refractivity contribution in [2.24, 2.45) is 0 Å². The van der Waals surface area contributed by atoms with Crippen LogP contribution in [0.5, 0.6) is 5.75 Å². The summed E-state index contributed by atoms with van der Waals surface area (Å²) in [6.07, 6.45) is 0. The molecule has 0 unspecified atom stereocenters. The normalized spacial score (nSPS) is 9.60. The van der Waals surface area contributed by atoms with Crippen LogP contribution in [0, 0.1) is 10.7 Å². The number of thiocyanates is 1. The first kappa shape index (κ1) is 14.0. The van der Waals surface area contributed by atoms with Crippen molar-refractivity contribution in [3.05, 3.63) is 54.1 Å². The van der Waals surface area contributed by atoms with Gasteiger partial charge in [-0.15, -0.1) is 0 Å². The molecule has 100 valence electrons. The second-order valence-corrected chi connectivity index (χ2v) is 4.73. The monoisotopic (exact) mass is 284 g/mol. The van der Waals surface area contributed by atoms with Gasteiger partial charge in [-0.05, 0) is 48.2 Å². The molecule has 0 atom stereocenters. The topological polar surface area (TPSA) is 62.1 Å². The molecule has 0 saturated carbocycles. The highest BCUT2D eigenvalue weighted by Gasteiger charge is 2.11. The number of rotatable bonds is 4. The number of para-hydroxylation sites is 1. The van der Waals surface area contributed by atoms with Gasteiger partial charge in [0.1, 0.15) is 11.2 Å². The van der Waals surface area contributed by atoms with Crippen molar-refractivity contribution in [3.8, 4) is 11.2 Å². The Balaban J connectivity index is 2.13. The minimum atomic E-state index is -0.233. The van der Waals surface area contributed by atoms with E-state index in [1.807, 2.05) is 11.5 Å². The lowest BCUT2D eigenvalue weighted by Gasteiger charge is -2.09. The maximum absolute atomic E-state index is 12.2. The quantitative estimate of drug-likeness (QED) is 0.689. The van der Waals surface area contributed by atoms with Gasteiger partial charge in [-0.25, -0.2) is 0 Å². The lowest BCUT2D eigenvalue weighted by Crippen LogP contribution is -2.12. The fourth-order valence-electron chi connectivity index (χ4n) is 1.69. The van der Waals surface area contributed by atoms with Gasteiger partial charge in [0.25, 0.3) is 5.91 Å². The smallest absolute Gasteiger partial charge is 0.259 e. The standard InChI is InChI=1S/C15H12N2O2S/c1-19-14-5-3-2-4-13(14)15(18)17-11-6-8-12(9-7-11)20-10-16/h2-9H,1H3,(H,17,18). The first-order valence-electron chi connectivity index (χ1n) is 5.85. The number of benzene rings is 2. The van der Waals surface area contributed by atoms with E-state index in [-0.39, 0.29) is 5.91 Å². The van der Waals surface area contributed by atoms with E-state index in [4.69, 9.17) is 10.00 Å². The number of anilines is 1. The zero-order valence-electron chi connectivity index (χ0n) is 10.8. The predicted molar refractivity (Wildman–Crippen MR) is 78.9 cm³/mol. The lowest BCUT2D eigenvalue weighted by atomic mass is 10.2. The largest absolute Gasteiger partial charge is 0.496 e. The molecule has 1 amide bonds. The summed E-state index contributed by atoms with van der Waals surface area (Å²) >= 11 is 1.08. The average molecular weight is 284 g/mol. The molecular formula is C15H12N2O2S. The second-order valence-electron chi connectivity index (χ2n) is 3.87. The maximum atomic E-state index is 12.2. The zero-order chi connectivity index (χ0) is 14.4. The van der Waals surface area contributed by atoms with Crippen molar-refractivity contribution in [1.29, 1.82) is 5.26 Å². The van der Waals surface area contributed by atoms with Crippen molar-refractivity contribution in [1.82, 2.24) is 0 Å². The van der Waals surface area contributed by atoms with E-state index in [1.54, 1.807) is 42.5 Å². The summed E-state index contributed by atoms with van der Waals surface area (Å²) in [5.74, 6) is 0.296. The Morgan fingerprint density at radius 3 is 2.55 bits per heavy atom. The van der Waals surface area contributed by atoms with Gasteiger partial charge < -0.3 is 10.1 Å². The van der Waals surface area contributed by atoms with Crippen molar-refractivity contribution in [2.45, 2.75) is 4.90 Å². The fraction of sp³-hybridized carbons (Fsp3) is 0.0667. The summed E-state index contributed by atoms with van der Waals surface area (Å²) < 4.78 is 5.16. The van der Waals surface area contributed by atoms with Gasteiger partial charge in [-0.1, -0.05) is 12.1 Å². The van der Waals surface area contributed by atoms with Crippen LogP contribution in [0.15, 0.2) is 53.4 Å². The van der Waals surface area contributed by atoms with E-state index >= 15 is 0 Å². The summed E-state index contributed by atoms with van der Waals surface area (Å²) in [5, 5.41) is 13.4. The summed E-state index contributed by atoms with van der Waals surface area (Å²) in [7, 11) is 1.53. The average Bonchev–Trinajstić information content (AvgIpc) is 2.49. The third-order valence-electron chi connectivity index (χ3n) is 2.63. The molecule has 0 bridgehead atoms. The number of thioether (sulfide) groups is 1. The van der Waals surface area contributed by atoms with Crippen molar-refractivity contribution in [2.75, 3.05) is 12.4 Å². The van der Waals surface area contributed by atoms with Gasteiger partial charge in [0.2, 0.25) is 0 Å². The number of nitrogens with zero attached hydrogens (tertiary/aromatic N) is 1. The highest BCUT2D eigenvalue weighted by atomic mass is 32.2. The molecule has 0 fully saturated rings. The molecule has 2 aromatic carbocycles. The predicted octanol–water partition coefficient (Wildman–Crippen LogP) is 3.52.